The second kappa shape index (κ2) is 7.29. The third kappa shape index (κ3) is 7.16. The van der Waals surface area contributed by atoms with E-state index in [1.807, 2.05) is 42.7 Å². The number of halogens is 4. The molecule has 0 saturated carbocycles. The topological polar surface area (TPSA) is 27.7 Å². The van der Waals surface area contributed by atoms with Crippen molar-refractivity contribution in [3.8, 4) is 6.07 Å². The molecule has 2 nitrogen and oxygen atoms in total. The molecule has 0 aliphatic rings. The molecule has 7 heteroatoms. The number of hydrogen-bond donors (Lipinski definition) is 0. The normalized spacial score (nSPS) is 10.2. The Hall–Kier alpha value is -2.36. The highest BCUT2D eigenvalue weighted by atomic mass is 19.5. The first kappa shape index (κ1) is 15.7. The van der Waals surface area contributed by atoms with Crippen LogP contribution in [0.1, 0.15) is 11.1 Å². The summed E-state index contributed by atoms with van der Waals surface area (Å²) in [6, 6.07) is 16.0. The van der Waals surface area contributed by atoms with Gasteiger partial charge in [-0.15, -0.1) is 0 Å². The van der Waals surface area contributed by atoms with E-state index in [1.165, 1.54) is 5.56 Å². The molecule has 0 radical (unpaired) electrons. The summed E-state index contributed by atoms with van der Waals surface area (Å²) in [5.41, 5.74) is 1.95. The van der Waals surface area contributed by atoms with E-state index in [2.05, 4.69) is 22.8 Å². The van der Waals surface area contributed by atoms with Crippen LogP contribution in [0.2, 0.25) is 0 Å². The van der Waals surface area contributed by atoms with E-state index < -0.39 is 7.25 Å². The van der Waals surface area contributed by atoms with E-state index in [0.29, 0.717) is 5.56 Å². The summed E-state index contributed by atoms with van der Waals surface area (Å²) in [5, 5.41) is 8.66. The molecule has 0 saturated heterocycles. The van der Waals surface area contributed by atoms with Gasteiger partial charge >= 0.3 is 7.25 Å². The number of nitrogens with zero attached hydrogens (tertiary/aromatic N) is 2. The largest absolute Gasteiger partial charge is 0.673 e. The molecule has 2 rings (SSSR count). The molecule has 0 unspecified atom stereocenters. The van der Waals surface area contributed by atoms with Gasteiger partial charge in [0.1, 0.15) is 0 Å². The van der Waals surface area contributed by atoms with Crippen LogP contribution in [0.25, 0.3) is 0 Å². The standard InChI is InChI=1S/C13H11N2.BF4/c14-10-12-6-8-15(9-7-12)11-13-4-2-1-3-5-13;2-1(3,4)5/h1-9H,11H2;/q+1;-1. The lowest BCUT2D eigenvalue weighted by Crippen LogP contribution is -2.33. The molecule has 0 spiro atoms. The first-order chi connectivity index (χ1) is 9.38. The van der Waals surface area contributed by atoms with Gasteiger partial charge in [-0.05, 0) is 0 Å². The predicted molar refractivity (Wildman–Crippen MR) is 67.1 cm³/mol. The average molecular weight is 282 g/mol. The van der Waals surface area contributed by atoms with Crippen LogP contribution in [0.3, 0.4) is 0 Å². The van der Waals surface area contributed by atoms with Crippen molar-refractivity contribution in [2.75, 3.05) is 0 Å². The van der Waals surface area contributed by atoms with Gasteiger partial charge in [0, 0.05) is 17.7 Å². The zero-order valence-electron chi connectivity index (χ0n) is 10.4. The van der Waals surface area contributed by atoms with Gasteiger partial charge in [0.2, 0.25) is 0 Å². The molecule has 0 aliphatic heterocycles. The molecule has 20 heavy (non-hydrogen) atoms. The van der Waals surface area contributed by atoms with Crippen LogP contribution in [0.4, 0.5) is 17.3 Å². The molecule has 0 fully saturated rings. The molecule has 0 N–H and O–H groups in total. The zero-order valence-corrected chi connectivity index (χ0v) is 10.4. The number of rotatable bonds is 2. The van der Waals surface area contributed by atoms with Crippen LogP contribution in [-0.4, -0.2) is 7.25 Å². The molecule has 2 aromatic rings. The average Bonchev–Trinajstić information content (AvgIpc) is 2.39. The molecule has 1 heterocycles. The summed E-state index contributed by atoms with van der Waals surface area (Å²) in [5.74, 6) is 0. The second-order valence-electron chi connectivity index (χ2n) is 3.85. The van der Waals surface area contributed by atoms with Crippen molar-refractivity contribution in [2.45, 2.75) is 6.54 Å². The molecular weight excluding hydrogens is 271 g/mol. The lowest BCUT2D eigenvalue weighted by atomic mass is 10.2. The highest BCUT2D eigenvalue weighted by molar-refractivity contribution is 6.50. The molecule has 0 aliphatic carbocycles. The highest BCUT2D eigenvalue weighted by Crippen LogP contribution is 2.06. The third-order valence-corrected chi connectivity index (χ3v) is 2.23. The number of nitriles is 1. The van der Waals surface area contributed by atoms with E-state index in [1.54, 1.807) is 0 Å². The highest BCUT2D eigenvalue weighted by Gasteiger charge is 2.20. The van der Waals surface area contributed by atoms with Crippen molar-refractivity contribution in [1.29, 1.82) is 5.26 Å². The summed E-state index contributed by atoms with van der Waals surface area (Å²) < 4.78 is 41.1. The summed E-state index contributed by atoms with van der Waals surface area (Å²) in [4.78, 5) is 0. The van der Waals surface area contributed by atoms with Crippen LogP contribution in [0.5, 0.6) is 0 Å². The van der Waals surface area contributed by atoms with Crippen LogP contribution >= 0.6 is 0 Å². The minimum Gasteiger partial charge on any atom is -0.418 e. The third-order valence-electron chi connectivity index (χ3n) is 2.23. The van der Waals surface area contributed by atoms with Gasteiger partial charge in [0.25, 0.3) is 0 Å². The Bertz CT molecular complexity index is 556. The van der Waals surface area contributed by atoms with Crippen LogP contribution in [-0.2, 0) is 6.54 Å². The Balaban J connectivity index is 0.000000347. The van der Waals surface area contributed by atoms with Gasteiger partial charge in [-0.1, -0.05) is 30.3 Å². The monoisotopic (exact) mass is 282 g/mol. The fraction of sp³-hybridized carbons (Fsp3) is 0.0769. The van der Waals surface area contributed by atoms with Crippen molar-refractivity contribution in [2.24, 2.45) is 0 Å². The zero-order chi connectivity index (χ0) is 15.0. The van der Waals surface area contributed by atoms with Crippen LogP contribution < -0.4 is 4.57 Å². The second-order valence-corrected chi connectivity index (χ2v) is 3.85. The minimum absolute atomic E-state index is 0.694. The fourth-order valence-corrected chi connectivity index (χ4v) is 1.43. The lowest BCUT2D eigenvalue weighted by molar-refractivity contribution is -0.688. The molecular formula is C13H11BF4N2. The fourth-order valence-electron chi connectivity index (χ4n) is 1.43. The van der Waals surface area contributed by atoms with E-state index in [-0.39, 0.29) is 0 Å². The molecule has 104 valence electrons. The van der Waals surface area contributed by atoms with Gasteiger partial charge in [-0.3, -0.25) is 0 Å². The van der Waals surface area contributed by atoms with Crippen molar-refractivity contribution in [1.82, 2.24) is 0 Å². The van der Waals surface area contributed by atoms with E-state index in [0.717, 1.165) is 6.54 Å². The van der Waals surface area contributed by atoms with Crippen molar-refractivity contribution >= 4 is 7.25 Å². The summed E-state index contributed by atoms with van der Waals surface area (Å²) in [6.07, 6.45) is 3.84. The van der Waals surface area contributed by atoms with Crippen molar-refractivity contribution in [3.05, 3.63) is 66.0 Å². The Kier molecular flexibility index (Phi) is 5.72. The Morgan fingerprint density at radius 3 is 1.90 bits per heavy atom. The smallest absolute Gasteiger partial charge is 0.418 e. The van der Waals surface area contributed by atoms with Gasteiger partial charge in [0.15, 0.2) is 18.9 Å². The van der Waals surface area contributed by atoms with E-state index in [9.17, 15) is 17.3 Å². The number of pyridine rings is 1. The maximum Gasteiger partial charge on any atom is 0.673 e. The van der Waals surface area contributed by atoms with Crippen LogP contribution in [0.15, 0.2) is 54.9 Å². The molecule has 1 aromatic heterocycles. The Labute approximate surface area is 114 Å². The van der Waals surface area contributed by atoms with Gasteiger partial charge in [-0.25, -0.2) is 4.57 Å². The van der Waals surface area contributed by atoms with E-state index >= 15 is 0 Å². The number of hydrogen-bond acceptors (Lipinski definition) is 1. The van der Waals surface area contributed by atoms with Gasteiger partial charge < -0.3 is 17.3 Å². The predicted octanol–water partition coefficient (Wildman–Crippen LogP) is 3.19. The Morgan fingerprint density at radius 1 is 0.950 bits per heavy atom. The summed E-state index contributed by atoms with van der Waals surface area (Å²) in [7, 11) is -6.00. The summed E-state index contributed by atoms with van der Waals surface area (Å²) >= 11 is 0. The molecule has 0 amide bonds. The first-order valence-electron chi connectivity index (χ1n) is 5.69. The van der Waals surface area contributed by atoms with Crippen molar-refractivity contribution in [3.63, 3.8) is 0 Å². The maximum atomic E-state index is 9.75. The number of aromatic nitrogens is 1. The van der Waals surface area contributed by atoms with Crippen LogP contribution in [0, 0.1) is 11.3 Å². The molecule has 1 aromatic carbocycles. The Morgan fingerprint density at radius 2 is 1.45 bits per heavy atom. The first-order valence-corrected chi connectivity index (χ1v) is 5.69. The van der Waals surface area contributed by atoms with Gasteiger partial charge in [-0.2, -0.15) is 5.26 Å². The summed E-state index contributed by atoms with van der Waals surface area (Å²) in [6.45, 7) is 0.840. The molecule has 0 atom stereocenters. The SMILES string of the molecule is F[B-](F)(F)F.N#Cc1cc[n+](Cc2ccccc2)cc1. The van der Waals surface area contributed by atoms with E-state index in [4.69, 9.17) is 5.26 Å². The van der Waals surface area contributed by atoms with Gasteiger partial charge in [0.05, 0.1) is 11.6 Å². The maximum absolute atomic E-state index is 9.75. The minimum atomic E-state index is -6.00. The quantitative estimate of drug-likeness (QED) is 0.472. The molecule has 0 bridgehead atoms. The lowest BCUT2D eigenvalue weighted by Gasteiger charge is -1.96. The number of benzene rings is 1. The van der Waals surface area contributed by atoms with Crippen molar-refractivity contribution < 1.29 is 21.8 Å².